The maximum absolute atomic E-state index is 12.9. The summed E-state index contributed by atoms with van der Waals surface area (Å²) in [4.78, 5) is 15.3. The Hall–Kier alpha value is -1.30. The Bertz CT molecular complexity index is 709. The van der Waals surface area contributed by atoms with Crippen LogP contribution < -0.4 is 10.1 Å². The van der Waals surface area contributed by atoms with Gasteiger partial charge in [0.2, 0.25) is 0 Å². The number of amides is 1. The fourth-order valence-electron chi connectivity index (χ4n) is 5.38. The van der Waals surface area contributed by atoms with Gasteiger partial charge in [-0.15, -0.1) is 0 Å². The number of nitrogens with zero attached hydrogens (tertiary/aromatic N) is 1. The highest BCUT2D eigenvalue weighted by Gasteiger charge is 2.48. The Kier molecular flexibility index (Phi) is 3.73. The predicted octanol–water partition coefficient (Wildman–Crippen LogP) is 1.99. The fraction of sp³-hybridized carbons (Fsp3) is 0.632. The van der Waals surface area contributed by atoms with Crippen molar-refractivity contribution in [3.05, 3.63) is 28.3 Å². The van der Waals surface area contributed by atoms with Crippen molar-refractivity contribution in [3.63, 3.8) is 0 Å². The first-order chi connectivity index (χ1) is 12.1. The minimum absolute atomic E-state index is 0.0779. The van der Waals surface area contributed by atoms with Crippen LogP contribution in [0.15, 0.2) is 12.1 Å². The summed E-state index contributed by atoms with van der Waals surface area (Å²) in [5, 5.41) is 13.9. The van der Waals surface area contributed by atoms with Crippen LogP contribution in [0, 0.1) is 5.92 Å². The highest BCUT2D eigenvalue weighted by Crippen LogP contribution is 2.43. The average molecular weight is 363 g/mol. The lowest BCUT2D eigenvalue weighted by Crippen LogP contribution is -2.65. The largest absolute Gasteiger partial charge is 0.492 e. The van der Waals surface area contributed by atoms with E-state index in [-0.39, 0.29) is 18.1 Å². The second-order valence-corrected chi connectivity index (χ2v) is 8.42. The van der Waals surface area contributed by atoms with Crippen molar-refractivity contribution < 1.29 is 14.6 Å². The van der Waals surface area contributed by atoms with Crippen LogP contribution in [-0.4, -0.2) is 53.3 Å². The first-order valence-electron chi connectivity index (χ1n) is 9.28. The number of carbonyl (C=O) groups excluding carboxylic acids is 1. The second-order valence-electron chi connectivity index (χ2n) is 7.99. The van der Waals surface area contributed by atoms with Crippen LogP contribution in [0.2, 0.25) is 5.02 Å². The van der Waals surface area contributed by atoms with E-state index < -0.39 is 0 Å². The van der Waals surface area contributed by atoms with Crippen LogP contribution in [0.5, 0.6) is 5.75 Å². The third-order valence-corrected chi connectivity index (χ3v) is 6.69. The van der Waals surface area contributed by atoms with Gasteiger partial charge in [-0.2, -0.15) is 0 Å². The lowest BCUT2D eigenvalue weighted by Gasteiger charge is -2.57. The summed E-state index contributed by atoms with van der Waals surface area (Å²) < 4.78 is 5.67. The molecule has 0 aromatic heterocycles. The third-order valence-electron chi connectivity index (χ3n) is 6.47. The van der Waals surface area contributed by atoms with Crippen LogP contribution in [0.4, 0.5) is 0 Å². The topological polar surface area (TPSA) is 61.8 Å². The number of fused-ring (bicyclic) bond motifs is 2. The molecule has 6 rings (SSSR count). The molecule has 4 bridgehead atoms. The fourth-order valence-corrected chi connectivity index (χ4v) is 5.62. The number of hydrogen-bond acceptors (Lipinski definition) is 4. The van der Waals surface area contributed by atoms with Gasteiger partial charge in [0.15, 0.2) is 0 Å². The van der Waals surface area contributed by atoms with Gasteiger partial charge in [0.1, 0.15) is 5.75 Å². The molecule has 0 saturated carbocycles. The van der Waals surface area contributed by atoms with Gasteiger partial charge in [-0.3, -0.25) is 9.69 Å². The molecule has 4 unspecified atom stereocenters. The molecule has 1 amide bonds. The molecule has 4 saturated heterocycles. The molecule has 5 aliphatic rings. The van der Waals surface area contributed by atoms with Gasteiger partial charge < -0.3 is 15.2 Å². The molecule has 4 fully saturated rings. The minimum atomic E-state index is -0.162. The standard InChI is InChI=1S/C19H23ClN2O3/c20-12-3-10-1-2-25-18(10)16(6-12)19(24)21-13-7-14-4-11-5-15(8-13)22(14)9-17(11)23/h3,6,11,13-15,17,23H,1-2,4-5,7-9H2,(H,21,24)/t11?,13?,14-,15?,17+/m0/s1. The molecule has 5 nitrogen and oxygen atoms in total. The third kappa shape index (κ3) is 2.64. The van der Waals surface area contributed by atoms with E-state index in [0.717, 1.165) is 44.2 Å². The second kappa shape index (κ2) is 5.86. The molecule has 134 valence electrons. The number of hydrogen-bond donors (Lipinski definition) is 2. The number of aliphatic hydroxyl groups excluding tert-OH is 1. The summed E-state index contributed by atoms with van der Waals surface area (Å²) in [6, 6.07) is 4.78. The van der Waals surface area contributed by atoms with Crippen molar-refractivity contribution >= 4 is 17.5 Å². The predicted molar refractivity (Wildman–Crippen MR) is 94.2 cm³/mol. The van der Waals surface area contributed by atoms with Crippen molar-refractivity contribution in [1.29, 1.82) is 0 Å². The van der Waals surface area contributed by atoms with E-state index >= 15 is 0 Å². The summed E-state index contributed by atoms with van der Waals surface area (Å²) >= 11 is 6.18. The molecule has 1 aromatic rings. The summed E-state index contributed by atoms with van der Waals surface area (Å²) in [5.41, 5.74) is 1.59. The molecule has 25 heavy (non-hydrogen) atoms. The number of benzene rings is 1. The van der Waals surface area contributed by atoms with Gasteiger partial charge in [0, 0.05) is 36.1 Å². The molecule has 0 aliphatic carbocycles. The number of ether oxygens (including phenoxy) is 1. The molecule has 6 heteroatoms. The Morgan fingerprint density at radius 1 is 1.24 bits per heavy atom. The highest BCUT2D eigenvalue weighted by atomic mass is 35.5. The number of aliphatic hydroxyl groups is 1. The van der Waals surface area contributed by atoms with Crippen LogP contribution >= 0.6 is 11.6 Å². The van der Waals surface area contributed by atoms with Crippen LogP contribution in [-0.2, 0) is 6.42 Å². The molecule has 0 spiro atoms. The number of piperidine rings is 4. The average Bonchev–Trinajstić information content (AvgIpc) is 3.02. The molecule has 1 aromatic carbocycles. The van der Waals surface area contributed by atoms with Gasteiger partial charge in [0.05, 0.1) is 18.3 Å². The lowest BCUT2D eigenvalue weighted by atomic mass is 9.70. The molecule has 5 heterocycles. The van der Waals surface area contributed by atoms with Crippen molar-refractivity contribution in [2.45, 2.75) is 56.3 Å². The molecule has 5 aliphatic heterocycles. The number of rotatable bonds is 2. The van der Waals surface area contributed by atoms with Crippen LogP contribution in [0.1, 0.15) is 41.6 Å². The molecule has 6 atom stereocenters. The Morgan fingerprint density at radius 3 is 2.72 bits per heavy atom. The first-order valence-corrected chi connectivity index (χ1v) is 9.66. The summed E-state index contributed by atoms with van der Waals surface area (Å²) in [6.45, 7) is 1.42. The monoisotopic (exact) mass is 362 g/mol. The van der Waals surface area contributed by atoms with Gasteiger partial charge in [0.25, 0.3) is 5.91 Å². The zero-order valence-electron chi connectivity index (χ0n) is 14.1. The first kappa shape index (κ1) is 15.9. The molecular weight excluding hydrogens is 340 g/mol. The quantitative estimate of drug-likeness (QED) is 0.844. The van der Waals surface area contributed by atoms with Gasteiger partial charge >= 0.3 is 0 Å². The van der Waals surface area contributed by atoms with Gasteiger partial charge in [-0.1, -0.05) is 11.6 Å². The number of nitrogens with one attached hydrogen (secondary N) is 1. The Labute approximate surface area is 152 Å². The smallest absolute Gasteiger partial charge is 0.255 e. The zero-order chi connectivity index (χ0) is 17.1. The van der Waals surface area contributed by atoms with E-state index in [0.29, 0.717) is 40.9 Å². The van der Waals surface area contributed by atoms with E-state index in [1.807, 2.05) is 6.07 Å². The van der Waals surface area contributed by atoms with Crippen molar-refractivity contribution in [2.24, 2.45) is 5.92 Å². The molecular formula is C19H23ClN2O3. The van der Waals surface area contributed by atoms with E-state index in [1.165, 1.54) is 0 Å². The van der Waals surface area contributed by atoms with Crippen molar-refractivity contribution in [2.75, 3.05) is 13.2 Å². The summed E-state index contributed by atoms with van der Waals surface area (Å²) in [6.07, 6.45) is 4.69. The van der Waals surface area contributed by atoms with Crippen molar-refractivity contribution in [3.8, 4) is 5.75 Å². The number of halogens is 1. The summed E-state index contributed by atoms with van der Waals surface area (Å²) in [7, 11) is 0. The molecule has 0 radical (unpaired) electrons. The SMILES string of the molecule is O=C(NC1CC2CC3C[C@@H](C1)N2C[C@H]3O)c1cc(Cl)cc2c1OCC2. The van der Waals surface area contributed by atoms with E-state index in [9.17, 15) is 9.90 Å². The van der Waals surface area contributed by atoms with Gasteiger partial charge in [-0.05, 0) is 49.3 Å². The van der Waals surface area contributed by atoms with Crippen molar-refractivity contribution in [1.82, 2.24) is 10.2 Å². The van der Waals surface area contributed by atoms with E-state index in [1.54, 1.807) is 6.07 Å². The Morgan fingerprint density at radius 2 is 2.00 bits per heavy atom. The lowest BCUT2D eigenvalue weighted by molar-refractivity contribution is -0.110. The summed E-state index contributed by atoms with van der Waals surface area (Å²) in [5.74, 6) is 1.07. The minimum Gasteiger partial charge on any atom is -0.492 e. The van der Waals surface area contributed by atoms with Crippen LogP contribution in [0.25, 0.3) is 0 Å². The number of carbonyl (C=O) groups is 1. The Balaban J connectivity index is 1.32. The zero-order valence-corrected chi connectivity index (χ0v) is 14.8. The maximum Gasteiger partial charge on any atom is 0.255 e. The van der Waals surface area contributed by atoms with Gasteiger partial charge in [-0.25, -0.2) is 0 Å². The van der Waals surface area contributed by atoms with E-state index in [2.05, 4.69) is 10.2 Å². The normalized spacial score (nSPS) is 38.2. The highest BCUT2D eigenvalue weighted by molar-refractivity contribution is 6.31. The maximum atomic E-state index is 12.9. The molecule has 2 N–H and O–H groups in total. The van der Waals surface area contributed by atoms with Crippen LogP contribution in [0.3, 0.4) is 0 Å². The van der Waals surface area contributed by atoms with E-state index in [4.69, 9.17) is 16.3 Å².